The van der Waals surface area contributed by atoms with Crippen LogP contribution in [0.1, 0.15) is 12.8 Å². The molecule has 1 fully saturated rings. The zero-order chi connectivity index (χ0) is 19.1. The molecule has 1 aromatic heterocycles. The Bertz CT molecular complexity index is 1080. The van der Waals surface area contributed by atoms with Crippen molar-refractivity contribution in [1.29, 1.82) is 0 Å². The Morgan fingerprint density at radius 1 is 1.00 bits per heavy atom. The van der Waals surface area contributed by atoms with Gasteiger partial charge in [-0.1, -0.05) is 6.07 Å². The number of nitrogens with zero attached hydrogens (tertiary/aromatic N) is 1. The standard InChI is InChI=1S/C22H21NO5/c1-23-8-6-16(7-9-23)27-17-4-2-15-10-18(22(24)28-20(15)12-17)14-3-5-19-21(11-14)26-13-25-19/h2-5,10-12,16H,6-9,13H2,1H3. The molecule has 0 radical (unpaired) electrons. The summed E-state index contributed by atoms with van der Waals surface area (Å²) < 4.78 is 22.4. The van der Waals surface area contributed by atoms with Crippen molar-refractivity contribution in [3.8, 4) is 28.4 Å². The van der Waals surface area contributed by atoms with Crippen molar-refractivity contribution in [2.75, 3.05) is 26.9 Å². The average molecular weight is 379 g/mol. The molecule has 0 saturated carbocycles. The van der Waals surface area contributed by atoms with E-state index in [2.05, 4.69) is 11.9 Å². The van der Waals surface area contributed by atoms with Crippen LogP contribution in [0.25, 0.3) is 22.1 Å². The van der Waals surface area contributed by atoms with Crippen LogP contribution in [0.4, 0.5) is 0 Å². The minimum absolute atomic E-state index is 0.200. The molecule has 0 unspecified atom stereocenters. The van der Waals surface area contributed by atoms with E-state index in [1.54, 1.807) is 18.2 Å². The summed E-state index contributed by atoms with van der Waals surface area (Å²) in [5.41, 5.74) is 1.38. The van der Waals surface area contributed by atoms with Crippen LogP contribution in [-0.4, -0.2) is 37.9 Å². The second-order valence-corrected chi connectivity index (χ2v) is 7.34. The quantitative estimate of drug-likeness (QED) is 0.647. The lowest BCUT2D eigenvalue weighted by atomic mass is 10.1. The number of fused-ring (bicyclic) bond motifs is 2. The van der Waals surface area contributed by atoms with Gasteiger partial charge in [0, 0.05) is 24.5 Å². The minimum atomic E-state index is -0.386. The van der Waals surface area contributed by atoms with Gasteiger partial charge in [0.25, 0.3) is 0 Å². The molecule has 1 saturated heterocycles. The number of hydrogen-bond donors (Lipinski definition) is 0. The summed E-state index contributed by atoms with van der Waals surface area (Å²) in [7, 11) is 2.12. The Labute approximate surface area is 162 Å². The maximum absolute atomic E-state index is 12.6. The molecule has 2 aliphatic heterocycles. The predicted molar refractivity (Wildman–Crippen MR) is 105 cm³/mol. The summed E-state index contributed by atoms with van der Waals surface area (Å²) in [6, 6.07) is 13.0. The Morgan fingerprint density at radius 2 is 1.82 bits per heavy atom. The summed E-state index contributed by atoms with van der Waals surface area (Å²) in [4.78, 5) is 14.9. The number of piperidine rings is 1. The van der Waals surface area contributed by atoms with E-state index >= 15 is 0 Å². The SMILES string of the molecule is CN1CCC(Oc2ccc3cc(-c4ccc5c(c4)OCO5)c(=O)oc3c2)CC1. The third-order valence-electron chi connectivity index (χ3n) is 5.36. The first-order valence-electron chi connectivity index (χ1n) is 9.49. The van der Waals surface area contributed by atoms with E-state index in [1.165, 1.54) is 0 Å². The van der Waals surface area contributed by atoms with Crippen molar-refractivity contribution in [3.63, 3.8) is 0 Å². The minimum Gasteiger partial charge on any atom is -0.490 e. The normalized spacial score (nSPS) is 17.2. The molecular weight excluding hydrogens is 358 g/mol. The van der Waals surface area contributed by atoms with Crippen LogP contribution in [0, 0.1) is 0 Å². The van der Waals surface area contributed by atoms with E-state index in [1.807, 2.05) is 24.3 Å². The van der Waals surface area contributed by atoms with Crippen LogP contribution >= 0.6 is 0 Å². The second kappa shape index (κ2) is 6.87. The van der Waals surface area contributed by atoms with Gasteiger partial charge in [-0.15, -0.1) is 0 Å². The lowest BCUT2D eigenvalue weighted by Crippen LogP contribution is -2.35. The molecule has 0 aliphatic carbocycles. The van der Waals surface area contributed by atoms with Crippen molar-refractivity contribution in [1.82, 2.24) is 4.90 Å². The molecule has 2 aliphatic rings. The van der Waals surface area contributed by atoms with Gasteiger partial charge in [0.05, 0.1) is 5.56 Å². The van der Waals surface area contributed by atoms with Crippen LogP contribution in [0.2, 0.25) is 0 Å². The number of ether oxygens (including phenoxy) is 3. The van der Waals surface area contributed by atoms with Gasteiger partial charge in [-0.2, -0.15) is 0 Å². The zero-order valence-electron chi connectivity index (χ0n) is 15.6. The highest BCUT2D eigenvalue weighted by atomic mass is 16.7. The van der Waals surface area contributed by atoms with E-state index < -0.39 is 0 Å². The topological polar surface area (TPSA) is 61.1 Å². The lowest BCUT2D eigenvalue weighted by Gasteiger charge is -2.29. The van der Waals surface area contributed by atoms with Crippen molar-refractivity contribution in [2.24, 2.45) is 0 Å². The van der Waals surface area contributed by atoms with E-state index in [-0.39, 0.29) is 18.5 Å². The van der Waals surface area contributed by atoms with Gasteiger partial charge >= 0.3 is 5.63 Å². The van der Waals surface area contributed by atoms with Crippen LogP contribution in [0.5, 0.6) is 17.2 Å². The summed E-state index contributed by atoms with van der Waals surface area (Å²) in [6.07, 6.45) is 2.21. The maximum atomic E-state index is 12.6. The molecule has 144 valence electrons. The lowest BCUT2D eigenvalue weighted by molar-refractivity contribution is 0.114. The zero-order valence-corrected chi connectivity index (χ0v) is 15.6. The number of hydrogen-bond acceptors (Lipinski definition) is 6. The molecule has 6 heteroatoms. The van der Waals surface area contributed by atoms with Crippen molar-refractivity contribution >= 4 is 11.0 Å². The number of rotatable bonds is 3. The molecular formula is C22H21NO5. The van der Waals surface area contributed by atoms with Crippen molar-refractivity contribution in [3.05, 3.63) is 52.9 Å². The Kier molecular flexibility index (Phi) is 4.20. The van der Waals surface area contributed by atoms with Crippen LogP contribution in [-0.2, 0) is 0 Å². The number of benzene rings is 2. The van der Waals surface area contributed by atoms with Gasteiger partial charge in [0.1, 0.15) is 17.4 Å². The third kappa shape index (κ3) is 3.20. The summed E-state index contributed by atoms with van der Waals surface area (Å²) in [5.74, 6) is 2.06. The highest BCUT2D eigenvalue weighted by Crippen LogP contribution is 2.36. The van der Waals surface area contributed by atoms with Crippen molar-refractivity contribution in [2.45, 2.75) is 18.9 Å². The van der Waals surface area contributed by atoms with E-state index in [0.29, 0.717) is 22.6 Å². The highest BCUT2D eigenvalue weighted by Gasteiger charge is 2.19. The number of likely N-dealkylation sites (tertiary alicyclic amines) is 1. The largest absolute Gasteiger partial charge is 0.490 e. The molecule has 3 heterocycles. The van der Waals surface area contributed by atoms with Crippen LogP contribution in [0.15, 0.2) is 51.7 Å². The summed E-state index contributed by atoms with van der Waals surface area (Å²) in [5, 5.41) is 0.850. The van der Waals surface area contributed by atoms with Gasteiger partial charge in [0.2, 0.25) is 6.79 Å². The molecule has 3 aromatic rings. The van der Waals surface area contributed by atoms with E-state index in [9.17, 15) is 4.79 Å². The van der Waals surface area contributed by atoms with Gasteiger partial charge < -0.3 is 23.5 Å². The van der Waals surface area contributed by atoms with Gasteiger partial charge in [0.15, 0.2) is 11.5 Å². The molecule has 0 amide bonds. The van der Waals surface area contributed by atoms with Crippen molar-refractivity contribution < 1.29 is 18.6 Å². The molecule has 0 N–H and O–H groups in total. The molecule has 0 atom stereocenters. The average Bonchev–Trinajstić information content (AvgIpc) is 3.17. The van der Waals surface area contributed by atoms with Crippen LogP contribution < -0.4 is 19.8 Å². The fraction of sp³-hybridized carbons (Fsp3) is 0.318. The Morgan fingerprint density at radius 3 is 2.68 bits per heavy atom. The Hall–Kier alpha value is -2.99. The fourth-order valence-corrected chi connectivity index (χ4v) is 3.73. The summed E-state index contributed by atoms with van der Waals surface area (Å²) >= 11 is 0. The smallest absolute Gasteiger partial charge is 0.344 e. The van der Waals surface area contributed by atoms with E-state index in [4.69, 9.17) is 18.6 Å². The van der Waals surface area contributed by atoms with Crippen LogP contribution in [0.3, 0.4) is 0 Å². The Balaban J connectivity index is 1.44. The monoisotopic (exact) mass is 379 g/mol. The second-order valence-electron chi connectivity index (χ2n) is 7.34. The highest BCUT2D eigenvalue weighted by molar-refractivity contribution is 5.83. The van der Waals surface area contributed by atoms with Gasteiger partial charge in [-0.3, -0.25) is 0 Å². The molecule has 6 nitrogen and oxygen atoms in total. The first-order valence-corrected chi connectivity index (χ1v) is 9.49. The molecule has 5 rings (SSSR count). The first-order chi connectivity index (χ1) is 13.7. The molecule has 2 aromatic carbocycles. The van der Waals surface area contributed by atoms with Gasteiger partial charge in [-0.25, -0.2) is 4.79 Å². The first kappa shape index (κ1) is 17.1. The maximum Gasteiger partial charge on any atom is 0.344 e. The summed E-state index contributed by atoms with van der Waals surface area (Å²) in [6.45, 7) is 2.27. The van der Waals surface area contributed by atoms with Gasteiger partial charge in [-0.05, 0) is 55.8 Å². The fourth-order valence-electron chi connectivity index (χ4n) is 3.73. The molecule has 0 bridgehead atoms. The molecule has 28 heavy (non-hydrogen) atoms. The molecule has 0 spiro atoms. The predicted octanol–water partition coefficient (Wildman–Crippen LogP) is 3.66. The third-order valence-corrected chi connectivity index (χ3v) is 5.36. The van der Waals surface area contributed by atoms with E-state index in [0.717, 1.165) is 42.6 Å².